The lowest BCUT2D eigenvalue weighted by atomic mass is 10.2. The van der Waals surface area contributed by atoms with Gasteiger partial charge in [0.1, 0.15) is 21.9 Å². The molecule has 25 heavy (non-hydrogen) atoms. The Hall–Kier alpha value is -1.84. The highest BCUT2D eigenvalue weighted by molar-refractivity contribution is 7.91. The maximum Gasteiger partial charge on any atom is 0.253 e. The molecule has 1 aromatic heterocycles. The highest BCUT2D eigenvalue weighted by Gasteiger charge is 2.40. The Morgan fingerprint density at radius 2 is 2.04 bits per heavy atom. The zero-order valence-corrected chi connectivity index (χ0v) is 15.0. The van der Waals surface area contributed by atoms with Gasteiger partial charge in [-0.3, -0.25) is 4.79 Å². The van der Waals surface area contributed by atoms with Gasteiger partial charge in [0.25, 0.3) is 10.0 Å². The predicted molar refractivity (Wildman–Crippen MR) is 91.0 cm³/mol. The molecule has 1 fully saturated rings. The van der Waals surface area contributed by atoms with Crippen LogP contribution in [0.3, 0.4) is 0 Å². The highest BCUT2D eigenvalue weighted by Crippen LogP contribution is 2.30. The van der Waals surface area contributed by atoms with E-state index in [1.807, 2.05) is 0 Å². The van der Waals surface area contributed by atoms with Crippen molar-refractivity contribution in [1.82, 2.24) is 4.31 Å². The van der Waals surface area contributed by atoms with Gasteiger partial charge in [-0.2, -0.15) is 4.31 Å². The number of thiophene rings is 1. The summed E-state index contributed by atoms with van der Waals surface area (Å²) in [5.41, 5.74) is -0.304. The molecule has 1 aliphatic heterocycles. The Bertz CT molecular complexity index is 912. The zero-order valence-electron chi connectivity index (χ0n) is 13.3. The molecule has 0 spiro atoms. The van der Waals surface area contributed by atoms with Crippen molar-refractivity contribution in [2.24, 2.45) is 0 Å². The number of nitrogens with one attached hydrogen (secondary N) is 1. The van der Waals surface area contributed by atoms with Crippen LogP contribution in [0.1, 0.15) is 17.7 Å². The average molecular weight is 386 g/mol. The van der Waals surface area contributed by atoms with Gasteiger partial charge in [-0.25, -0.2) is 17.2 Å². The third kappa shape index (κ3) is 3.58. The number of amides is 1. The van der Waals surface area contributed by atoms with E-state index < -0.39 is 33.6 Å². The van der Waals surface area contributed by atoms with Crippen LogP contribution in [0.15, 0.2) is 34.5 Å². The second-order valence-corrected chi connectivity index (χ2v) is 9.16. The fourth-order valence-corrected chi connectivity index (χ4v) is 5.83. The van der Waals surface area contributed by atoms with Crippen LogP contribution in [-0.4, -0.2) is 31.2 Å². The minimum atomic E-state index is -3.80. The molecule has 0 aliphatic carbocycles. The molecule has 3 rings (SSSR count). The maximum atomic E-state index is 13.7. The number of hydrogen-bond donors (Lipinski definition) is 1. The first kappa shape index (κ1) is 18.0. The molecule has 1 unspecified atom stereocenters. The van der Waals surface area contributed by atoms with Gasteiger partial charge in [0.2, 0.25) is 5.91 Å². The molecule has 134 valence electrons. The number of nitrogens with zero attached hydrogens (tertiary/aromatic N) is 1. The summed E-state index contributed by atoms with van der Waals surface area (Å²) in [4.78, 5) is 13.3. The van der Waals surface area contributed by atoms with Gasteiger partial charge in [0, 0.05) is 17.5 Å². The van der Waals surface area contributed by atoms with E-state index in [2.05, 4.69) is 5.32 Å². The van der Waals surface area contributed by atoms with Crippen LogP contribution < -0.4 is 5.32 Å². The molecule has 2 aromatic rings. The summed E-state index contributed by atoms with van der Waals surface area (Å²) in [5.74, 6) is -2.14. The average Bonchev–Trinajstić information content (AvgIpc) is 3.20. The third-order valence-corrected chi connectivity index (χ3v) is 7.35. The lowest BCUT2D eigenvalue weighted by Gasteiger charge is -2.22. The van der Waals surface area contributed by atoms with Crippen LogP contribution in [0.25, 0.3) is 0 Å². The Morgan fingerprint density at radius 3 is 2.72 bits per heavy atom. The maximum absolute atomic E-state index is 13.7. The molecule has 2 heterocycles. The normalized spacial score (nSPS) is 18.4. The van der Waals surface area contributed by atoms with E-state index in [0.29, 0.717) is 12.8 Å². The SMILES string of the molecule is Cc1ccc(S(=O)(=O)N2CCCC2C(=O)Nc2cc(F)ccc2F)s1. The van der Waals surface area contributed by atoms with Gasteiger partial charge >= 0.3 is 0 Å². The Morgan fingerprint density at radius 1 is 1.28 bits per heavy atom. The number of carbonyl (C=O) groups is 1. The molecule has 1 amide bonds. The first-order valence-electron chi connectivity index (χ1n) is 7.63. The summed E-state index contributed by atoms with van der Waals surface area (Å²) in [6.45, 7) is 2.01. The number of rotatable bonds is 4. The molecule has 0 bridgehead atoms. The molecule has 0 saturated carbocycles. The smallest absolute Gasteiger partial charge is 0.253 e. The number of anilines is 1. The quantitative estimate of drug-likeness (QED) is 0.878. The Labute approximate surface area is 148 Å². The molecule has 1 saturated heterocycles. The van der Waals surface area contributed by atoms with Crippen LogP contribution in [0, 0.1) is 18.6 Å². The van der Waals surface area contributed by atoms with Crippen molar-refractivity contribution < 1.29 is 22.0 Å². The molecule has 1 aliphatic rings. The van der Waals surface area contributed by atoms with E-state index in [4.69, 9.17) is 0 Å². The number of halogens is 2. The molecule has 1 N–H and O–H groups in total. The summed E-state index contributed by atoms with van der Waals surface area (Å²) in [7, 11) is -3.80. The second-order valence-electron chi connectivity index (χ2n) is 5.75. The minimum Gasteiger partial charge on any atom is -0.322 e. The van der Waals surface area contributed by atoms with Gasteiger partial charge in [-0.15, -0.1) is 11.3 Å². The molecular formula is C16H16F2N2O3S2. The molecule has 0 radical (unpaired) electrons. The van der Waals surface area contributed by atoms with Crippen LogP contribution in [-0.2, 0) is 14.8 Å². The van der Waals surface area contributed by atoms with E-state index in [-0.39, 0.29) is 16.4 Å². The van der Waals surface area contributed by atoms with Crippen LogP contribution in [0.2, 0.25) is 0 Å². The Kier molecular flexibility index (Phi) is 4.90. The summed E-state index contributed by atoms with van der Waals surface area (Å²) < 4.78 is 53.8. The topological polar surface area (TPSA) is 66.5 Å². The van der Waals surface area contributed by atoms with Crippen LogP contribution in [0.4, 0.5) is 14.5 Å². The highest BCUT2D eigenvalue weighted by atomic mass is 32.2. The van der Waals surface area contributed by atoms with Crippen molar-refractivity contribution in [2.75, 3.05) is 11.9 Å². The minimum absolute atomic E-state index is 0.168. The zero-order chi connectivity index (χ0) is 18.2. The third-order valence-electron chi connectivity index (χ3n) is 3.97. The standard InChI is InChI=1S/C16H16F2N2O3S2/c1-10-4-7-15(24-10)25(22,23)20-8-2-3-14(20)16(21)19-13-9-11(17)5-6-12(13)18/h4-7,9,14H,2-3,8H2,1H3,(H,19,21). The van der Waals surface area contributed by atoms with E-state index in [1.54, 1.807) is 13.0 Å². The summed E-state index contributed by atoms with van der Waals surface area (Å²) in [6.07, 6.45) is 0.847. The number of benzene rings is 1. The lowest BCUT2D eigenvalue weighted by molar-refractivity contribution is -0.119. The van der Waals surface area contributed by atoms with Crippen LogP contribution in [0.5, 0.6) is 0 Å². The number of aryl methyl sites for hydroxylation is 1. The predicted octanol–water partition coefficient (Wildman–Crippen LogP) is 3.13. The number of hydrogen-bond acceptors (Lipinski definition) is 4. The monoisotopic (exact) mass is 386 g/mol. The van der Waals surface area contributed by atoms with E-state index in [1.165, 1.54) is 6.07 Å². The van der Waals surface area contributed by atoms with Crippen molar-refractivity contribution in [3.05, 3.63) is 46.8 Å². The molecule has 1 atom stereocenters. The first-order valence-corrected chi connectivity index (χ1v) is 9.89. The van der Waals surface area contributed by atoms with Crippen molar-refractivity contribution in [3.63, 3.8) is 0 Å². The lowest BCUT2D eigenvalue weighted by Crippen LogP contribution is -2.43. The van der Waals surface area contributed by atoms with Gasteiger partial charge in [-0.05, 0) is 44.0 Å². The van der Waals surface area contributed by atoms with E-state index in [9.17, 15) is 22.0 Å². The van der Waals surface area contributed by atoms with Gasteiger partial charge < -0.3 is 5.32 Å². The summed E-state index contributed by atoms with van der Waals surface area (Å²) in [5, 5.41) is 2.30. The van der Waals surface area contributed by atoms with E-state index in [0.717, 1.165) is 38.7 Å². The van der Waals surface area contributed by atoms with Crippen molar-refractivity contribution >= 4 is 33.0 Å². The summed E-state index contributed by atoms with van der Waals surface area (Å²) in [6, 6.07) is 4.97. The molecule has 5 nitrogen and oxygen atoms in total. The van der Waals surface area contributed by atoms with Crippen molar-refractivity contribution in [1.29, 1.82) is 0 Å². The fraction of sp³-hybridized carbons (Fsp3) is 0.312. The molecule has 1 aromatic carbocycles. The van der Waals surface area contributed by atoms with Gasteiger partial charge in [0.15, 0.2) is 0 Å². The molecule has 9 heteroatoms. The largest absolute Gasteiger partial charge is 0.322 e. The van der Waals surface area contributed by atoms with Crippen LogP contribution >= 0.6 is 11.3 Å². The fourth-order valence-electron chi connectivity index (χ4n) is 2.77. The van der Waals surface area contributed by atoms with Crippen molar-refractivity contribution in [2.45, 2.75) is 30.0 Å². The molecular weight excluding hydrogens is 370 g/mol. The van der Waals surface area contributed by atoms with Gasteiger partial charge in [-0.1, -0.05) is 0 Å². The number of sulfonamides is 1. The Balaban J connectivity index is 1.84. The number of carbonyl (C=O) groups excluding carboxylic acids is 1. The van der Waals surface area contributed by atoms with E-state index >= 15 is 0 Å². The van der Waals surface area contributed by atoms with Gasteiger partial charge in [0.05, 0.1) is 5.69 Å². The first-order chi connectivity index (χ1) is 11.8. The second kappa shape index (κ2) is 6.81. The summed E-state index contributed by atoms with van der Waals surface area (Å²) >= 11 is 1.13. The van der Waals surface area contributed by atoms with Crippen molar-refractivity contribution in [3.8, 4) is 0 Å².